The van der Waals surface area contributed by atoms with E-state index in [-0.39, 0.29) is 11.7 Å². The molecule has 1 unspecified atom stereocenters. The van der Waals surface area contributed by atoms with Gasteiger partial charge in [0.05, 0.1) is 34.2 Å². The van der Waals surface area contributed by atoms with Gasteiger partial charge >= 0.3 is 12.1 Å². The largest absolute Gasteiger partial charge is 0.495 e. The van der Waals surface area contributed by atoms with Crippen molar-refractivity contribution in [2.75, 3.05) is 7.11 Å². The average molecular weight is 629 g/mol. The van der Waals surface area contributed by atoms with Crippen molar-refractivity contribution in [3.8, 4) is 11.4 Å². The Kier molecular flexibility index (Phi) is 9.77. The van der Waals surface area contributed by atoms with E-state index < -0.39 is 12.1 Å². The SMILES string of the molecule is COc1cc(C2CCCc3nc(SCc4ncncc4Cl)n(-c4ccc(F)cc4)c32)ccc1Cl.O=C(O)C(F)(F)F. The Morgan fingerprint density at radius 3 is 2.51 bits per heavy atom. The van der Waals surface area contributed by atoms with Crippen molar-refractivity contribution in [1.82, 2.24) is 19.5 Å². The number of alkyl halides is 3. The summed E-state index contributed by atoms with van der Waals surface area (Å²) >= 11 is 14.1. The van der Waals surface area contributed by atoms with Crippen LogP contribution in [0.15, 0.2) is 60.1 Å². The van der Waals surface area contributed by atoms with Crippen molar-refractivity contribution in [3.63, 3.8) is 0 Å². The van der Waals surface area contributed by atoms with Crippen LogP contribution in [0.25, 0.3) is 5.69 Å². The smallest absolute Gasteiger partial charge is 0.490 e. The van der Waals surface area contributed by atoms with Crippen molar-refractivity contribution in [1.29, 1.82) is 0 Å². The minimum atomic E-state index is -5.08. The molecule has 1 aliphatic rings. The van der Waals surface area contributed by atoms with Crippen molar-refractivity contribution >= 4 is 40.9 Å². The number of halogens is 6. The first-order valence-corrected chi connectivity index (χ1v) is 13.8. The zero-order valence-electron chi connectivity index (χ0n) is 21.3. The number of carboxylic acids is 1. The summed E-state index contributed by atoms with van der Waals surface area (Å²) in [6.07, 6.45) is 0.860. The van der Waals surface area contributed by atoms with E-state index in [1.165, 1.54) is 18.5 Å². The van der Waals surface area contributed by atoms with Crippen LogP contribution in [-0.2, 0) is 17.0 Å². The zero-order valence-corrected chi connectivity index (χ0v) is 23.7. The maximum atomic E-state index is 13.8. The van der Waals surface area contributed by atoms with Crippen molar-refractivity contribution in [3.05, 3.63) is 93.5 Å². The standard InChI is InChI=1S/C25H21Cl2FN4OS.C2HF3O2/c1-33-23-11-15(5-10-19(23)26)18-3-2-4-21-24(18)32(17-8-6-16(28)7-9-17)25(31-21)34-13-22-20(27)12-29-14-30-22;3-2(4,5)1(6)7/h5-12,14,18H,2-4,13H2,1H3;(H,6,7). The van der Waals surface area contributed by atoms with E-state index in [2.05, 4.69) is 14.5 Å². The van der Waals surface area contributed by atoms with Gasteiger partial charge in [-0.3, -0.25) is 4.57 Å². The second-order valence-corrected chi connectivity index (χ2v) is 10.5. The second-order valence-electron chi connectivity index (χ2n) is 8.79. The lowest BCUT2D eigenvalue weighted by atomic mass is 9.84. The molecule has 4 aromatic rings. The molecule has 0 bridgehead atoms. The molecule has 0 fully saturated rings. The van der Waals surface area contributed by atoms with E-state index in [1.807, 2.05) is 18.2 Å². The molecule has 5 rings (SSSR count). The predicted octanol–water partition coefficient (Wildman–Crippen LogP) is 7.51. The van der Waals surface area contributed by atoms with E-state index in [0.717, 1.165) is 52.8 Å². The van der Waals surface area contributed by atoms with Gasteiger partial charge in [0.1, 0.15) is 17.9 Å². The topological polar surface area (TPSA) is 90.1 Å². The molecule has 2 aromatic heterocycles. The maximum absolute atomic E-state index is 13.8. The van der Waals surface area contributed by atoms with Crippen molar-refractivity contribution < 1.29 is 32.2 Å². The predicted molar refractivity (Wildman–Crippen MR) is 147 cm³/mol. The molecule has 41 heavy (non-hydrogen) atoms. The highest BCUT2D eigenvalue weighted by Gasteiger charge is 2.38. The molecule has 216 valence electrons. The summed E-state index contributed by atoms with van der Waals surface area (Å²) in [4.78, 5) is 22.2. The fourth-order valence-electron chi connectivity index (χ4n) is 4.34. The first-order chi connectivity index (χ1) is 19.5. The van der Waals surface area contributed by atoms with E-state index in [1.54, 1.807) is 37.2 Å². The summed E-state index contributed by atoms with van der Waals surface area (Å²) in [6, 6.07) is 12.4. The number of ether oxygens (including phenoxy) is 1. The summed E-state index contributed by atoms with van der Waals surface area (Å²) in [7, 11) is 1.62. The lowest BCUT2D eigenvalue weighted by Crippen LogP contribution is -2.21. The van der Waals surface area contributed by atoms with Gasteiger partial charge in [-0.05, 0) is 61.2 Å². The number of aromatic nitrogens is 4. The molecule has 1 aliphatic carbocycles. The van der Waals surface area contributed by atoms with Crippen molar-refractivity contribution in [2.45, 2.75) is 42.3 Å². The van der Waals surface area contributed by atoms with Gasteiger partial charge < -0.3 is 9.84 Å². The van der Waals surface area contributed by atoms with Gasteiger partial charge in [-0.1, -0.05) is 41.0 Å². The number of carbonyl (C=O) groups is 1. The molecule has 2 aromatic carbocycles. The molecule has 0 saturated carbocycles. The lowest BCUT2D eigenvalue weighted by molar-refractivity contribution is -0.192. The highest BCUT2D eigenvalue weighted by atomic mass is 35.5. The van der Waals surface area contributed by atoms with Gasteiger partial charge in [-0.25, -0.2) is 24.1 Å². The highest BCUT2D eigenvalue weighted by molar-refractivity contribution is 7.98. The van der Waals surface area contributed by atoms with Gasteiger partial charge in [0.15, 0.2) is 5.16 Å². The van der Waals surface area contributed by atoms with E-state index in [0.29, 0.717) is 21.5 Å². The molecule has 0 spiro atoms. The fraction of sp³-hybridized carbons (Fsp3) is 0.259. The monoisotopic (exact) mass is 628 g/mol. The third-order valence-corrected chi connectivity index (χ3v) is 7.76. The first kappa shape index (κ1) is 30.6. The molecule has 14 heteroatoms. The third-order valence-electron chi connectivity index (χ3n) is 6.18. The third kappa shape index (κ3) is 7.30. The Morgan fingerprint density at radius 1 is 1.17 bits per heavy atom. The van der Waals surface area contributed by atoms with Crippen LogP contribution in [0.5, 0.6) is 5.75 Å². The average Bonchev–Trinajstić information content (AvgIpc) is 3.32. The van der Waals surface area contributed by atoms with Crippen LogP contribution in [0.2, 0.25) is 10.0 Å². The van der Waals surface area contributed by atoms with E-state index in [9.17, 15) is 17.6 Å². The molecule has 7 nitrogen and oxygen atoms in total. The van der Waals surface area contributed by atoms with Gasteiger partial charge in [0.2, 0.25) is 0 Å². The fourth-order valence-corrected chi connectivity index (χ4v) is 5.79. The quantitative estimate of drug-likeness (QED) is 0.174. The number of aliphatic carboxylic acids is 1. The number of thioether (sulfide) groups is 1. The summed E-state index contributed by atoms with van der Waals surface area (Å²) in [6.45, 7) is 0. The molecule has 2 heterocycles. The molecule has 0 aliphatic heterocycles. The Labute approximate surface area is 246 Å². The van der Waals surface area contributed by atoms with Crippen LogP contribution in [0.4, 0.5) is 17.6 Å². The van der Waals surface area contributed by atoms with Gasteiger partial charge in [0.25, 0.3) is 0 Å². The number of hydrogen-bond acceptors (Lipinski definition) is 6. The van der Waals surface area contributed by atoms with Gasteiger partial charge in [-0.15, -0.1) is 0 Å². The first-order valence-electron chi connectivity index (χ1n) is 12.1. The summed E-state index contributed by atoms with van der Waals surface area (Å²) in [5.74, 6) is -1.75. The Hall–Kier alpha value is -3.35. The number of aryl methyl sites for hydroxylation is 1. The van der Waals surface area contributed by atoms with Gasteiger partial charge in [0, 0.05) is 23.6 Å². The molecule has 0 amide bonds. The number of benzene rings is 2. The number of rotatable bonds is 6. The Balaban J connectivity index is 0.000000493. The highest BCUT2D eigenvalue weighted by Crippen LogP contribution is 2.42. The lowest BCUT2D eigenvalue weighted by Gasteiger charge is -2.25. The maximum Gasteiger partial charge on any atom is 0.490 e. The van der Waals surface area contributed by atoms with Crippen LogP contribution < -0.4 is 4.74 Å². The van der Waals surface area contributed by atoms with E-state index >= 15 is 0 Å². The summed E-state index contributed by atoms with van der Waals surface area (Å²) < 4.78 is 53.1. The normalized spacial score (nSPS) is 14.6. The number of methoxy groups -OCH3 is 1. The minimum absolute atomic E-state index is 0.101. The second kappa shape index (κ2) is 13.1. The minimum Gasteiger partial charge on any atom is -0.495 e. The summed E-state index contributed by atoms with van der Waals surface area (Å²) in [5, 5.41) is 9.04. The Bertz CT molecular complexity index is 1530. The molecule has 1 N–H and O–H groups in total. The number of carboxylic acid groups (broad SMARTS) is 1. The van der Waals surface area contributed by atoms with Crippen LogP contribution in [0.1, 0.15) is 41.4 Å². The molecular formula is C27H22Cl2F4N4O3S. The van der Waals surface area contributed by atoms with Crippen molar-refractivity contribution in [2.24, 2.45) is 0 Å². The van der Waals surface area contributed by atoms with Crippen LogP contribution in [-0.4, -0.2) is 43.9 Å². The van der Waals surface area contributed by atoms with Crippen LogP contribution in [0, 0.1) is 5.82 Å². The van der Waals surface area contributed by atoms with Gasteiger partial charge in [-0.2, -0.15) is 13.2 Å². The van der Waals surface area contributed by atoms with Crippen LogP contribution >= 0.6 is 35.0 Å². The number of hydrogen-bond donors (Lipinski definition) is 1. The number of nitrogens with zero attached hydrogens (tertiary/aromatic N) is 4. The van der Waals surface area contributed by atoms with Crippen LogP contribution in [0.3, 0.4) is 0 Å². The molecule has 0 radical (unpaired) electrons. The molecule has 0 saturated heterocycles. The Morgan fingerprint density at radius 2 is 1.88 bits per heavy atom. The number of fused-ring (bicyclic) bond motifs is 1. The number of imidazole rings is 1. The zero-order chi connectivity index (χ0) is 29.7. The molecular weight excluding hydrogens is 607 g/mol. The van der Waals surface area contributed by atoms with E-state index in [4.69, 9.17) is 42.8 Å². The molecule has 1 atom stereocenters. The summed E-state index contributed by atoms with van der Waals surface area (Å²) in [5.41, 5.74) is 4.87.